The zero-order valence-corrected chi connectivity index (χ0v) is 10.1. The Kier molecular flexibility index (Phi) is 2.99. The Morgan fingerprint density at radius 3 is 2.81 bits per heavy atom. The van der Waals surface area contributed by atoms with E-state index >= 15 is 0 Å². The molecule has 90 valence electrons. The van der Waals surface area contributed by atoms with Gasteiger partial charge in [-0.25, -0.2) is 0 Å². The number of likely N-dealkylation sites (tertiary alicyclic amines) is 1. The molecule has 1 aromatic heterocycles. The van der Waals surface area contributed by atoms with Crippen LogP contribution in [0.3, 0.4) is 0 Å². The highest BCUT2D eigenvalue weighted by molar-refractivity contribution is 4.93. The SMILES string of the molecule is CC(C)c1noc(CN2CCC(C)(O)C2)n1. The number of aromatic nitrogens is 2. The zero-order valence-electron chi connectivity index (χ0n) is 10.1. The van der Waals surface area contributed by atoms with Gasteiger partial charge < -0.3 is 9.63 Å². The summed E-state index contributed by atoms with van der Waals surface area (Å²) < 4.78 is 5.17. The highest BCUT2D eigenvalue weighted by Gasteiger charge is 2.31. The highest BCUT2D eigenvalue weighted by atomic mass is 16.5. The van der Waals surface area contributed by atoms with E-state index < -0.39 is 5.60 Å². The fraction of sp³-hybridized carbons (Fsp3) is 0.818. The third-order valence-electron chi connectivity index (χ3n) is 2.89. The molecule has 1 unspecified atom stereocenters. The van der Waals surface area contributed by atoms with Gasteiger partial charge >= 0.3 is 0 Å². The van der Waals surface area contributed by atoms with Crippen LogP contribution in [0, 0.1) is 0 Å². The molecule has 0 bridgehead atoms. The van der Waals surface area contributed by atoms with Crippen LogP contribution in [-0.4, -0.2) is 38.8 Å². The quantitative estimate of drug-likeness (QED) is 0.836. The third kappa shape index (κ3) is 2.59. The molecular formula is C11H19N3O2. The molecule has 0 aliphatic carbocycles. The van der Waals surface area contributed by atoms with Gasteiger partial charge in [0.25, 0.3) is 0 Å². The number of rotatable bonds is 3. The molecule has 16 heavy (non-hydrogen) atoms. The Morgan fingerprint density at radius 2 is 2.31 bits per heavy atom. The minimum atomic E-state index is -0.569. The lowest BCUT2D eigenvalue weighted by atomic mass is 10.1. The molecule has 2 rings (SSSR count). The summed E-state index contributed by atoms with van der Waals surface area (Å²) in [7, 11) is 0. The normalized spacial score (nSPS) is 26.8. The molecule has 5 heteroatoms. The molecular weight excluding hydrogens is 206 g/mol. The fourth-order valence-corrected chi connectivity index (χ4v) is 1.93. The molecule has 0 saturated carbocycles. The second-order valence-corrected chi connectivity index (χ2v) is 5.16. The van der Waals surface area contributed by atoms with Crippen LogP contribution in [0.25, 0.3) is 0 Å². The molecule has 2 heterocycles. The molecule has 1 saturated heterocycles. The summed E-state index contributed by atoms with van der Waals surface area (Å²) in [6.45, 7) is 8.12. The lowest BCUT2D eigenvalue weighted by Gasteiger charge is -2.16. The van der Waals surface area contributed by atoms with Gasteiger partial charge in [0.2, 0.25) is 5.89 Å². The van der Waals surface area contributed by atoms with Crippen molar-refractivity contribution in [2.75, 3.05) is 13.1 Å². The summed E-state index contributed by atoms with van der Waals surface area (Å²) in [5.74, 6) is 1.68. The lowest BCUT2D eigenvalue weighted by molar-refractivity contribution is 0.0665. The first kappa shape index (κ1) is 11.5. The third-order valence-corrected chi connectivity index (χ3v) is 2.89. The van der Waals surface area contributed by atoms with E-state index in [9.17, 15) is 5.11 Å². The van der Waals surface area contributed by atoms with Gasteiger partial charge in [-0.2, -0.15) is 4.98 Å². The van der Waals surface area contributed by atoms with Crippen molar-refractivity contribution in [3.63, 3.8) is 0 Å². The largest absolute Gasteiger partial charge is 0.389 e. The molecule has 1 atom stereocenters. The maximum atomic E-state index is 9.83. The van der Waals surface area contributed by atoms with E-state index in [-0.39, 0.29) is 0 Å². The van der Waals surface area contributed by atoms with Crippen LogP contribution in [0.1, 0.15) is 44.8 Å². The first-order valence-corrected chi connectivity index (χ1v) is 5.73. The molecule has 0 aromatic carbocycles. The second kappa shape index (κ2) is 4.14. The summed E-state index contributed by atoms with van der Waals surface area (Å²) in [6.07, 6.45) is 0.804. The molecule has 1 N–H and O–H groups in total. The van der Waals surface area contributed by atoms with Crippen molar-refractivity contribution in [2.45, 2.75) is 45.3 Å². The lowest BCUT2D eigenvalue weighted by Crippen LogP contribution is -2.29. The summed E-state index contributed by atoms with van der Waals surface area (Å²) in [6, 6.07) is 0. The molecule has 1 fully saturated rings. The molecule has 1 aliphatic heterocycles. The molecule has 1 aliphatic rings. The first-order valence-electron chi connectivity index (χ1n) is 5.73. The van der Waals surface area contributed by atoms with Gasteiger partial charge in [0.1, 0.15) is 0 Å². The highest BCUT2D eigenvalue weighted by Crippen LogP contribution is 2.21. The zero-order chi connectivity index (χ0) is 11.8. The van der Waals surface area contributed by atoms with E-state index in [1.165, 1.54) is 0 Å². The van der Waals surface area contributed by atoms with Crippen molar-refractivity contribution in [1.82, 2.24) is 15.0 Å². The van der Waals surface area contributed by atoms with Crippen molar-refractivity contribution < 1.29 is 9.63 Å². The average Bonchev–Trinajstić information content (AvgIpc) is 2.73. The Labute approximate surface area is 95.4 Å². The Hall–Kier alpha value is -0.940. The van der Waals surface area contributed by atoms with Crippen LogP contribution in [0.15, 0.2) is 4.52 Å². The standard InChI is InChI=1S/C11H19N3O2/c1-8(2)10-12-9(16-13-10)6-14-5-4-11(3,15)7-14/h8,15H,4-7H2,1-3H3. The monoisotopic (exact) mass is 225 g/mol. The topological polar surface area (TPSA) is 62.4 Å². The van der Waals surface area contributed by atoms with Gasteiger partial charge in [0.05, 0.1) is 12.1 Å². The minimum absolute atomic E-state index is 0.291. The van der Waals surface area contributed by atoms with Crippen LogP contribution in [-0.2, 0) is 6.54 Å². The minimum Gasteiger partial charge on any atom is -0.389 e. The maximum Gasteiger partial charge on any atom is 0.240 e. The molecule has 0 amide bonds. The predicted octanol–water partition coefficient (Wildman–Crippen LogP) is 1.15. The van der Waals surface area contributed by atoms with Crippen molar-refractivity contribution >= 4 is 0 Å². The fourth-order valence-electron chi connectivity index (χ4n) is 1.93. The van der Waals surface area contributed by atoms with Crippen molar-refractivity contribution in [3.8, 4) is 0 Å². The van der Waals surface area contributed by atoms with Gasteiger partial charge in [-0.1, -0.05) is 19.0 Å². The Bertz CT molecular complexity index is 360. The summed E-state index contributed by atoms with van der Waals surface area (Å²) in [5, 5.41) is 13.7. The number of hydrogen-bond donors (Lipinski definition) is 1. The number of hydrogen-bond acceptors (Lipinski definition) is 5. The summed E-state index contributed by atoms with van der Waals surface area (Å²) >= 11 is 0. The van der Waals surface area contributed by atoms with E-state index in [4.69, 9.17) is 4.52 Å². The number of nitrogens with zero attached hydrogens (tertiary/aromatic N) is 3. The Balaban J connectivity index is 1.94. The van der Waals surface area contributed by atoms with Gasteiger partial charge in [-0.3, -0.25) is 4.90 Å². The van der Waals surface area contributed by atoms with Crippen LogP contribution in [0.4, 0.5) is 0 Å². The Morgan fingerprint density at radius 1 is 1.56 bits per heavy atom. The number of aliphatic hydroxyl groups is 1. The first-order chi connectivity index (χ1) is 7.46. The van der Waals surface area contributed by atoms with Gasteiger partial charge in [0.15, 0.2) is 5.82 Å². The van der Waals surface area contributed by atoms with Gasteiger partial charge in [-0.15, -0.1) is 0 Å². The van der Waals surface area contributed by atoms with E-state index in [2.05, 4.69) is 15.0 Å². The van der Waals surface area contributed by atoms with Gasteiger partial charge in [0, 0.05) is 19.0 Å². The predicted molar refractivity (Wildman–Crippen MR) is 58.9 cm³/mol. The van der Waals surface area contributed by atoms with Crippen LogP contribution in [0.5, 0.6) is 0 Å². The maximum absolute atomic E-state index is 9.83. The van der Waals surface area contributed by atoms with E-state index in [0.29, 0.717) is 24.9 Å². The van der Waals surface area contributed by atoms with Gasteiger partial charge in [-0.05, 0) is 13.3 Å². The van der Waals surface area contributed by atoms with Crippen LogP contribution in [0.2, 0.25) is 0 Å². The van der Waals surface area contributed by atoms with Crippen molar-refractivity contribution in [3.05, 3.63) is 11.7 Å². The molecule has 1 aromatic rings. The molecule has 0 radical (unpaired) electrons. The van der Waals surface area contributed by atoms with E-state index in [0.717, 1.165) is 18.8 Å². The van der Waals surface area contributed by atoms with Crippen LogP contribution < -0.4 is 0 Å². The summed E-state index contributed by atoms with van der Waals surface area (Å²) in [5.41, 5.74) is -0.569. The summed E-state index contributed by atoms with van der Waals surface area (Å²) in [4.78, 5) is 6.46. The number of β-amino-alcohol motifs (C(OH)–C–C–N with tert-alkyl or cyclic N) is 1. The second-order valence-electron chi connectivity index (χ2n) is 5.16. The van der Waals surface area contributed by atoms with E-state index in [1.807, 2.05) is 20.8 Å². The van der Waals surface area contributed by atoms with Crippen molar-refractivity contribution in [1.29, 1.82) is 0 Å². The molecule has 5 nitrogen and oxygen atoms in total. The smallest absolute Gasteiger partial charge is 0.240 e. The van der Waals surface area contributed by atoms with Crippen LogP contribution >= 0.6 is 0 Å². The van der Waals surface area contributed by atoms with Crippen molar-refractivity contribution in [2.24, 2.45) is 0 Å². The average molecular weight is 225 g/mol. The molecule has 0 spiro atoms. The van der Waals surface area contributed by atoms with E-state index in [1.54, 1.807) is 0 Å².